The largest absolute Gasteiger partial charge is 0.395 e. The third-order valence-electron chi connectivity index (χ3n) is 7.97. The van der Waals surface area contributed by atoms with Crippen molar-refractivity contribution in [2.75, 3.05) is 30.3 Å². The van der Waals surface area contributed by atoms with E-state index in [1.165, 1.54) is 5.56 Å². The summed E-state index contributed by atoms with van der Waals surface area (Å²) in [5.41, 5.74) is 4.70. The summed E-state index contributed by atoms with van der Waals surface area (Å²) in [7, 11) is -3.36. The second kappa shape index (κ2) is 10.3. The summed E-state index contributed by atoms with van der Waals surface area (Å²) in [5, 5.41) is 23.7. The molecule has 0 saturated carbocycles. The fourth-order valence-corrected chi connectivity index (χ4v) is 6.45. The molecular formula is C29H45N7O3S. The van der Waals surface area contributed by atoms with Crippen LogP contribution in [0.3, 0.4) is 0 Å². The number of benzene rings is 1. The van der Waals surface area contributed by atoms with E-state index in [-0.39, 0.29) is 29.9 Å². The van der Waals surface area contributed by atoms with Gasteiger partial charge in [-0.1, -0.05) is 41.5 Å². The monoisotopic (exact) mass is 571 g/mol. The highest BCUT2D eigenvalue weighted by atomic mass is 32.2. The molecule has 11 heteroatoms. The Balaban J connectivity index is 1.81. The van der Waals surface area contributed by atoms with Gasteiger partial charge in [-0.25, -0.2) is 18.1 Å². The van der Waals surface area contributed by atoms with Gasteiger partial charge in [0.1, 0.15) is 5.71 Å². The molecule has 220 valence electrons. The van der Waals surface area contributed by atoms with Crippen LogP contribution in [-0.4, -0.2) is 70.8 Å². The predicted octanol–water partition coefficient (Wildman–Crippen LogP) is 4.27. The van der Waals surface area contributed by atoms with E-state index in [1.807, 2.05) is 13.8 Å². The number of aryl methyl sites for hydroxylation is 1. The molecule has 2 aliphatic rings. The minimum Gasteiger partial charge on any atom is -0.395 e. The molecule has 0 saturated heterocycles. The molecule has 0 fully saturated rings. The lowest BCUT2D eigenvalue weighted by Gasteiger charge is -2.47. The molecule has 2 aromatic rings. The van der Waals surface area contributed by atoms with Crippen LogP contribution in [0.25, 0.3) is 0 Å². The zero-order valence-corrected chi connectivity index (χ0v) is 26.4. The summed E-state index contributed by atoms with van der Waals surface area (Å²) >= 11 is 0. The van der Waals surface area contributed by atoms with Crippen molar-refractivity contribution < 1.29 is 13.5 Å². The molecule has 40 heavy (non-hydrogen) atoms. The number of aliphatic hydroxyl groups is 1. The number of aliphatic hydroxyl groups excluding tert-OH is 1. The van der Waals surface area contributed by atoms with E-state index in [1.54, 1.807) is 11.6 Å². The minimum atomic E-state index is -3.36. The highest BCUT2D eigenvalue weighted by Crippen LogP contribution is 2.45. The second-order valence-electron chi connectivity index (χ2n) is 13.4. The van der Waals surface area contributed by atoms with E-state index in [9.17, 15) is 13.5 Å². The molecule has 0 aliphatic carbocycles. The number of aromatic nitrogens is 3. The Hall–Kier alpha value is -2.63. The second-order valence-corrected chi connectivity index (χ2v) is 15.5. The summed E-state index contributed by atoms with van der Waals surface area (Å²) in [5.74, 6) is 1.48. The minimum absolute atomic E-state index is 0.0121. The standard InChI is InChI=1S/C29H45N7O3S/c1-11-40(38,39)30-17-28(7,8)26-33-32-25-23(24(27(4,5)6)34-36(25)26)31-21-15-20-19(3)16-29(9,10)35(12-13-37)22(20)14-18(21)2/h14-15,19,30,37H,11-13,16-17H2,1-10H3. The van der Waals surface area contributed by atoms with Crippen LogP contribution in [0.1, 0.15) is 97.4 Å². The number of aliphatic imine (C=N–C) groups is 1. The number of β-amino-alcohol motifs (C(OH)–C–C–N with tert-alkyl or cyclic N) is 1. The summed E-state index contributed by atoms with van der Waals surface area (Å²) in [6.45, 7) is 21.4. The van der Waals surface area contributed by atoms with Crippen molar-refractivity contribution in [2.24, 2.45) is 15.5 Å². The third kappa shape index (κ3) is 5.60. The Morgan fingerprint density at radius 1 is 1.18 bits per heavy atom. The maximum atomic E-state index is 12.1. The highest BCUT2D eigenvalue weighted by molar-refractivity contribution is 7.89. The van der Waals surface area contributed by atoms with Gasteiger partial charge in [-0.2, -0.15) is 9.78 Å². The van der Waals surface area contributed by atoms with Gasteiger partial charge in [-0.05, 0) is 63.3 Å². The zero-order chi connectivity index (χ0) is 29.8. The fourth-order valence-electron chi connectivity index (χ4n) is 5.66. The Morgan fingerprint density at radius 3 is 2.45 bits per heavy atom. The van der Waals surface area contributed by atoms with Gasteiger partial charge >= 0.3 is 0 Å². The van der Waals surface area contributed by atoms with Gasteiger partial charge < -0.3 is 10.0 Å². The summed E-state index contributed by atoms with van der Waals surface area (Å²) < 4.78 is 28.6. The van der Waals surface area contributed by atoms with Crippen molar-refractivity contribution >= 4 is 32.8 Å². The topological polar surface area (TPSA) is 125 Å². The van der Waals surface area contributed by atoms with Gasteiger partial charge in [-0.15, -0.1) is 10.2 Å². The molecule has 1 aromatic carbocycles. The number of nitrogens with zero attached hydrogens (tertiary/aromatic N) is 6. The first-order chi connectivity index (χ1) is 18.4. The number of nitrogens with one attached hydrogen (secondary N) is 1. The lowest BCUT2D eigenvalue weighted by atomic mass is 9.79. The van der Waals surface area contributed by atoms with Gasteiger partial charge in [0.25, 0.3) is 0 Å². The maximum Gasteiger partial charge on any atom is 0.211 e. The molecular weight excluding hydrogens is 526 g/mol. The van der Waals surface area contributed by atoms with Crippen LogP contribution < -0.4 is 9.62 Å². The average Bonchev–Trinajstić information content (AvgIpc) is 3.42. The van der Waals surface area contributed by atoms with Crippen LogP contribution in [0.4, 0.5) is 11.4 Å². The Morgan fingerprint density at radius 2 is 1.85 bits per heavy atom. The van der Waals surface area contributed by atoms with Crippen LogP contribution in [0.2, 0.25) is 0 Å². The SMILES string of the molecule is CCS(=O)(=O)NCC(C)(C)c1nnc2n1N=C(C(C)(C)C)C2=Nc1cc2c(cc1C)N(CCO)C(C)(C)CC2C. The van der Waals surface area contributed by atoms with Gasteiger partial charge in [0.05, 0.1) is 23.8 Å². The normalized spacial score (nSPS) is 20.1. The van der Waals surface area contributed by atoms with Gasteiger partial charge in [-0.3, -0.25) is 0 Å². The lowest BCUT2D eigenvalue weighted by Crippen LogP contribution is -2.49. The number of hydrogen-bond acceptors (Lipinski definition) is 8. The highest BCUT2D eigenvalue weighted by Gasteiger charge is 2.40. The predicted molar refractivity (Wildman–Crippen MR) is 162 cm³/mol. The molecule has 0 spiro atoms. The Kier molecular flexibility index (Phi) is 7.83. The molecule has 10 nitrogen and oxygen atoms in total. The molecule has 0 bridgehead atoms. The molecule has 3 heterocycles. The number of sulfonamides is 1. The molecule has 0 radical (unpaired) electrons. The van der Waals surface area contributed by atoms with E-state index in [0.717, 1.165) is 29.1 Å². The van der Waals surface area contributed by atoms with Crippen molar-refractivity contribution in [1.82, 2.24) is 19.6 Å². The summed E-state index contributed by atoms with van der Waals surface area (Å²) in [6.07, 6.45) is 0.975. The Bertz CT molecular complexity index is 1460. The lowest BCUT2D eigenvalue weighted by molar-refractivity contribution is 0.277. The quantitative estimate of drug-likeness (QED) is 0.488. The van der Waals surface area contributed by atoms with Crippen molar-refractivity contribution in [3.63, 3.8) is 0 Å². The third-order valence-corrected chi connectivity index (χ3v) is 9.31. The molecule has 4 rings (SSSR count). The first-order valence-corrected chi connectivity index (χ1v) is 15.7. The van der Waals surface area contributed by atoms with Gasteiger partial charge in [0.2, 0.25) is 15.8 Å². The molecule has 1 unspecified atom stereocenters. The van der Waals surface area contributed by atoms with Gasteiger partial charge in [0.15, 0.2) is 5.82 Å². The molecule has 0 amide bonds. The number of fused-ring (bicyclic) bond motifs is 2. The van der Waals surface area contributed by atoms with Gasteiger partial charge in [0, 0.05) is 35.1 Å². The molecule has 2 N–H and O–H groups in total. The van der Waals surface area contributed by atoms with Crippen LogP contribution >= 0.6 is 0 Å². The van der Waals surface area contributed by atoms with Crippen molar-refractivity contribution in [3.05, 3.63) is 34.9 Å². The number of rotatable bonds is 8. The van der Waals surface area contributed by atoms with E-state index in [0.29, 0.717) is 29.8 Å². The number of anilines is 1. The van der Waals surface area contributed by atoms with Crippen molar-refractivity contribution in [2.45, 2.75) is 92.5 Å². The van der Waals surface area contributed by atoms with Crippen LogP contribution in [0.15, 0.2) is 22.2 Å². The Labute approximate surface area is 239 Å². The fraction of sp³-hybridized carbons (Fsp3) is 0.655. The van der Waals surface area contributed by atoms with Crippen LogP contribution in [0, 0.1) is 12.3 Å². The molecule has 2 aliphatic heterocycles. The first-order valence-electron chi connectivity index (χ1n) is 14.1. The van der Waals surface area contributed by atoms with Crippen molar-refractivity contribution in [1.29, 1.82) is 0 Å². The van der Waals surface area contributed by atoms with Crippen LogP contribution in [-0.2, 0) is 15.4 Å². The average molecular weight is 572 g/mol. The van der Waals surface area contributed by atoms with Crippen LogP contribution in [0.5, 0.6) is 0 Å². The zero-order valence-electron chi connectivity index (χ0n) is 25.6. The number of hydrogen-bond donors (Lipinski definition) is 2. The van der Waals surface area contributed by atoms with E-state index >= 15 is 0 Å². The van der Waals surface area contributed by atoms with E-state index < -0.39 is 15.4 Å². The summed E-state index contributed by atoms with van der Waals surface area (Å²) in [4.78, 5) is 7.48. The molecule has 1 aromatic heterocycles. The smallest absolute Gasteiger partial charge is 0.211 e. The first kappa shape index (κ1) is 30.3. The van der Waals surface area contributed by atoms with Crippen molar-refractivity contribution in [3.8, 4) is 0 Å². The van der Waals surface area contributed by atoms with E-state index in [2.05, 4.69) is 80.4 Å². The molecule has 1 atom stereocenters. The summed E-state index contributed by atoms with van der Waals surface area (Å²) in [6, 6.07) is 4.36. The maximum absolute atomic E-state index is 12.1. The van der Waals surface area contributed by atoms with E-state index in [4.69, 9.17) is 10.1 Å².